The first-order chi connectivity index (χ1) is 5.74. The van der Waals surface area contributed by atoms with Gasteiger partial charge in [-0.1, -0.05) is 0 Å². The molecule has 1 aromatic rings. The van der Waals surface area contributed by atoms with Crippen LogP contribution in [0.1, 0.15) is 12.8 Å². The molecule has 12 heavy (non-hydrogen) atoms. The van der Waals surface area contributed by atoms with Crippen LogP contribution in [0, 0.1) is 0 Å². The van der Waals surface area contributed by atoms with Gasteiger partial charge < -0.3 is 5.32 Å². The third kappa shape index (κ3) is 1.95. The molecule has 1 aromatic heterocycles. The molecule has 0 aliphatic heterocycles. The van der Waals surface area contributed by atoms with Crippen LogP contribution >= 0.6 is 23.2 Å². The zero-order valence-electron chi connectivity index (χ0n) is 6.09. The van der Waals surface area contributed by atoms with E-state index in [1.165, 1.54) is 0 Å². The van der Waals surface area contributed by atoms with Crippen molar-refractivity contribution in [2.45, 2.75) is 18.9 Å². The predicted molar refractivity (Wildman–Crippen MR) is 46.5 cm³/mol. The molecule has 1 aliphatic rings. The Labute approximate surface area is 79.3 Å². The minimum Gasteiger partial charge on any atom is -0.351 e. The van der Waals surface area contributed by atoms with Crippen LogP contribution < -0.4 is 5.32 Å². The summed E-state index contributed by atoms with van der Waals surface area (Å²) in [4.78, 5) is 11.4. The monoisotopic (exact) mass is 204 g/mol. The van der Waals surface area contributed by atoms with Gasteiger partial charge in [-0.05, 0) is 36.0 Å². The van der Waals surface area contributed by atoms with Gasteiger partial charge in [0.15, 0.2) is 0 Å². The van der Waals surface area contributed by atoms with Crippen LogP contribution in [0.5, 0.6) is 0 Å². The molecule has 64 valence electrons. The Hall–Kier alpha value is -0.610. The summed E-state index contributed by atoms with van der Waals surface area (Å²) in [7, 11) is 0. The second kappa shape index (κ2) is 3.03. The molecule has 1 aliphatic carbocycles. The highest BCUT2D eigenvalue weighted by molar-refractivity contribution is 6.31. The fourth-order valence-electron chi connectivity index (χ4n) is 0.801. The van der Waals surface area contributed by atoms with Gasteiger partial charge in [0.2, 0.25) is 16.5 Å². The Bertz CT molecular complexity index is 279. The molecule has 4 nitrogen and oxygen atoms in total. The first-order valence-corrected chi connectivity index (χ1v) is 4.33. The van der Waals surface area contributed by atoms with Gasteiger partial charge in [-0.25, -0.2) is 0 Å². The van der Waals surface area contributed by atoms with Gasteiger partial charge in [-0.3, -0.25) is 0 Å². The van der Waals surface area contributed by atoms with Gasteiger partial charge in [-0.15, -0.1) is 0 Å². The van der Waals surface area contributed by atoms with E-state index < -0.39 is 0 Å². The molecule has 0 bridgehead atoms. The van der Waals surface area contributed by atoms with Crippen LogP contribution in [0.15, 0.2) is 0 Å². The van der Waals surface area contributed by atoms with Gasteiger partial charge >= 0.3 is 0 Å². The highest BCUT2D eigenvalue weighted by Gasteiger charge is 2.22. The van der Waals surface area contributed by atoms with E-state index in [-0.39, 0.29) is 10.6 Å². The zero-order valence-corrected chi connectivity index (χ0v) is 7.60. The lowest BCUT2D eigenvalue weighted by molar-refractivity contribution is 1.00. The van der Waals surface area contributed by atoms with Crippen molar-refractivity contribution >= 4 is 29.2 Å². The second-order valence-electron chi connectivity index (χ2n) is 2.62. The van der Waals surface area contributed by atoms with E-state index in [2.05, 4.69) is 20.3 Å². The van der Waals surface area contributed by atoms with Crippen molar-refractivity contribution in [2.24, 2.45) is 0 Å². The Morgan fingerprint density at radius 3 is 2.17 bits per heavy atom. The fourth-order valence-corrected chi connectivity index (χ4v) is 1.16. The highest BCUT2D eigenvalue weighted by atomic mass is 35.5. The maximum absolute atomic E-state index is 5.57. The largest absolute Gasteiger partial charge is 0.351 e. The summed E-state index contributed by atoms with van der Waals surface area (Å²) in [5.41, 5.74) is 0. The first kappa shape index (κ1) is 8.01. The standard InChI is InChI=1S/C6H6Cl2N4/c7-4-10-5(8)12-6(11-4)9-3-1-2-3/h3H,1-2H2,(H,9,10,11,12). The van der Waals surface area contributed by atoms with Crippen LogP contribution in [0.2, 0.25) is 10.6 Å². The van der Waals surface area contributed by atoms with Gasteiger partial charge in [0.1, 0.15) is 0 Å². The number of hydrogen-bond acceptors (Lipinski definition) is 4. The molecule has 0 amide bonds. The number of rotatable bonds is 2. The molecule has 1 heterocycles. The average Bonchev–Trinajstić information content (AvgIpc) is 2.68. The van der Waals surface area contributed by atoms with Gasteiger partial charge in [0, 0.05) is 6.04 Å². The predicted octanol–water partition coefficient (Wildman–Crippen LogP) is 1.75. The SMILES string of the molecule is Clc1nc(Cl)nc(NC2CC2)n1. The van der Waals surface area contributed by atoms with Crippen LogP contribution in [-0.2, 0) is 0 Å². The van der Waals surface area contributed by atoms with E-state index in [1.807, 2.05) is 0 Å². The maximum Gasteiger partial charge on any atom is 0.228 e. The Balaban J connectivity index is 2.18. The molecule has 1 N–H and O–H groups in total. The second-order valence-corrected chi connectivity index (χ2v) is 3.29. The molecule has 0 aromatic carbocycles. The summed E-state index contributed by atoms with van der Waals surface area (Å²) in [6.45, 7) is 0. The lowest BCUT2D eigenvalue weighted by atomic mass is 10.7. The summed E-state index contributed by atoms with van der Waals surface area (Å²) in [6.07, 6.45) is 2.31. The van der Waals surface area contributed by atoms with Crippen LogP contribution in [0.3, 0.4) is 0 Å². The van der Waals surface area contributed by atoms with Crippen molar-refractivity contribution in [3.05, 3.63) is 10.6 Å². The van der Waals surface area contributed by atoms with E-state index in [0.29, 0.717) is 12.0 Å². The third-order valence-corrected chi connectivity index (χ3v) is 1.83. The first-order valence-electron chi connectivity index (χ1n) is 3.57. The van der Waals surface area contributed by atoms with E-state index in [4.69, 9.17) is 23.2 Å². The van der Waals surface area contributed by atoms with Crippen LogP contribution in [0.4, 0.5) is 5.95 Å². The quantitative estimate of drug-likeness (QED) is 0.798. The molecule has 0 spiro atoms. The molecule has 1 saturated carbocycles. The van der Waals surface area contributed by atoms with Crippen LogP contribution in [-0.4, -0.2) is 21.0 Å². The molecular formula is C6H6Cl2N4. The van der Waals surface area contributed by atoms with Crippen molar-refractivity contribution in [3.63, 3.8) is 0 Å². The van der Waals surface area contributed by atoms with Gasteiger partial charge in [-0.2, -0.15) is 15.0 Å². The molecule has 2 rings (SSSR count). The maximum atomic E-state index is 5.57. The van der Waals surface area contributed by atoms with Crippen molar-refractivity contribution in [1.29, 1.82) is 0 Å². The number of nitrogens with one attached hydrogen (secondary N) is 1. The smallest absolute Gasteiger partial charge is 0.228 e. The van der Waals surface area contributed by atoms with Crippen molar-refractivity contribution in [2.75, 3.05) is 5.32 Å². The molecule has 6 heteroatoms. The summed E-state index contributed by atoms with van der Waals surface area (Å²) in [6, 6.07) is 0.486. The molecule has 1 fully saturated rings. The number of aromatic nitrogens is 3. The topological polar surface area (TPSA) is 50.7 Å². The number of hydrogen-bond donors (Lipinski definition) is 1. The third-order valence-electron chi connectivity index (χ3n) is 1.49. The number of nitrogens with zero attached hydrogens (tertiary/aromatic N) is 3. The minimum absolute atomic E-state index is 0.123. The number of anilines is 1. The van der Waals surface area contributed by atoms with Crippen molar-refractivity contribution < 1.29 is 0 Å². The highest BCUT2D eigenvalue weighted by Crippen LogP contribution is 2.23. The van der Waals surface area contributed by atoms with E-state index in [0.717, 1.165) is 12.8 Å². The van der Waals surface area contributed by atoms with Gasteiger partial charge in [0.05, 0.1) is 0 Å². The molecule has 0 saturated heterocycles. The van der Waals surface area contributed by atoms with E-state index in [1.54, 1.807) is 0 Å². The molecular weight excluding hydrogens is 199 g/mol. The lowest BCUT2D eigenvalue weighted by Crippen LogP contribution is -2.06. The Morgan fingerprint density at radius 1 is 1.08 bits per heavy atom. The van der Waals surface area contributed by atoms with Crippen LogP contribution in [0.25, 0.3) is 0 Å². The fraction of sp³-hybridized carbons (Fsp3) is 0.500. The zero-order chi connectivity index (χ0) is 8.55. The van der Waals surface area contributed by atoms with E-state index >= 15 is 0 Å². The summed E-state index contributed by atoms with van der Waals surface area (Å²) >= 11 is 11.1. The normalized spacial score (nSPS) is 16.2. The molecule has 0 radical (unpaired) electrons. The Morgan fingerprint density at radius 2 is 1.67 bits per heavy atom. The minimum atomic E-state index is 0.123. The lowest BCUT2D eigenvalue weighted by Gasteiger charge is -2.01. The molecule has 0 atom stereocenters. The summed E-state index contributed by atoms with van der Waals surface area (Å²) < 4.78 is 0. The van der Waals surface area contributed by atoms with Crippen molar-refractivity contribution in [1.82, 2.24) is 15.0 Å². The Kier molecular flexibility index (Phi) is 2.02. The van der Waals surface area contributed by atoms with E-state index in [9.17, 15) is 0 Å². The summed E-state index contributed by atoms with van der Waals surface area (Å²) in [5.74, 6) is 0.461. The van der Waals surface area contributed by atoms with Gasteiger partial charge in [0.25, 0.3) is 0 Å². The van der Waals surface area contributed by atoms with Crippen molar-refractivity contribution in [3.8, 4) is 0 Å². The number of halogens is 2. The average molecular weight is 205 g/mol. The molecule has 0 unspecified atom stereocenters. The summed E-state index contributed by atoms with van der Waals surface area (Å²) in [5, 5.41) is 3.31.